The van der Waals surface area contributed by atoms with Gasteiger partial charge in [-0.2, -0.15) is 0 Å². The van der Waals surface area contributed by atoms with Crippen LogP contribution in [0.2, 0.25) is 0 Å². The Morgan fingerprint density at radius 3 is 2.76 bits per heavy atom. The third-order valence-electron chi connectivity index (χ3n) is 2.29. The molecular weight excluding hydrogens is 240 g/mol. The minimum atomic E-state index is -3.47. The molecule has 1 aromatic rings. The van der Waals surface area contributed by atoms with Crippen LogP contribution in [0.3, 0.4) is 0 Å². The number of ether oxygens (including phenoxy) is 1. The molecule has 0 saturated heterocycles. The number of nitrogens with one attached hydrogen (secondary N) is 1. The Labute approximate surface area is 102 Å². The van der Waals surface area contributed by atoms with Gasteiger partial charge in [0.2, 0.25) is 10.0 Å². The summed E-state index contributed by atoms with van der Waals surface area (Å²) in [5.41, 5.74) is 6.50. The van der Waals surface area contributed by atoms with E-state index in [0.717, 1.165) is 5.56 Å². The molecule has 0 saturated carbocycles. The third kappa shape index (κ3) is 4.08. The van der Waals surface area contributed by atoms with Gasteiger partial charge in [0, 0.05) is 19.7 Å². The molecule has 0 amide bonds. The molecule has 1 unspecified atom stereocenters. The molecule has 0 aliphatic heterocycles. The first-order chi connectivity index (χ1) is 7.97. The van der Waals surface area contributed by atoms with Crippen molar-refractivity contribution in [1.82, 2.24) is 4.72 Å². The van der Waals surface area contributed by atoms with E-state index in [9.17, 15) is 8.42 Å². The van der Waals surface area contributed by atoms with Crippen molar-refractivity contribution in [3.63, 3.8) is 0 Å². The average molecular weight is 258 g/mol. The Hall–Kier alpha value is -0.950. The van der Waals surface area contributed by atoms with Crippen LogP contribution in [0, 0.1) is 0 Å². The van der Waals surface area contributed by atoms with Crippen molar-refractivity contribution in [2.45, 2.75) is 17.9 Å². The lowest BCUT2D eigenvalue weighted by Crippen LogP contribution is -2.27. The van der Waals surface area contributed by atoms with E-state index in [1.54, 1.807) is 24.3 Å². The van der Waals surface area contributed by atoms with Gasteiger partial charge in [-0.05, 0) is 24.6 Å². The normalized spacial score (nSPS) is 13.6. The first-order valence-electron chi connectivity index (χ1n) is 5.31. The zero-order valence-corrected chi connectivity index (χ0v) is 10.8. The number of benzene rings is 1. The number of methoxy groups -OCH3 is 1. The van der Waals surface area contributed by atoms with E-state index in [2.05, 4.69) is 4.72 Å². The summed E-state index contributed by atoms with van der Waals surface area (Å²) >= 11 is 0. The maximum atomic E-state index is 11.9. The highest BCUT2D eigenvalue weighted by Crippen LogP contribution is 2.15. The Morgan fingerprint density at radius 1 is 1.47 bits per heavy atom. The second-order valence-electron chi connectivity index (χ2n) is 3.75. The fourth-order valence-corrected chi connectivity index (χ4v) is 2.39. The van der Waals surface area contributed by atoms with Crippen molar-refractivity contribution < 1.29 is 13.2 Å². The van der Waals surface area contributed by atoms with Crippen LogP contribution >= 0.6 is 0 Å². The number of hydrogen-bond acceptors (Lipinski definition) is 4. The van der Waals surface area contributed by atoms with Gasteiger partial charge in [-0.15, -0.1) is 0 Å². The zero-order valence-electron chi connectivity index (χ0n) is 10.0. The van der Waals surface area contributed by atoms with Gasteiger partial charge in [0.15, 0.2) is 0 Å². The Morgan fingerprint density at radius 2 is 2.18 bits per heavy atom. The number of nitrogens with two attached hydrogens (primary N) is 1. The van der Waals surface area contributed by atoms with Gasteiger partial charge in [0.25, 0.3) is 0 Å². The van der Waals surface area contributed by atoms with E-state index in [1.165, 1.54) is 7.11 Å². The van der Waals surface area contributed by atoms with Gasteiger partial charge in [-0.3, -0.25) is 0 Å². The van der Waals surface area contributed by atoms with Gasteiger partial charge >= 0.3 is 0 Å². The lowest BCUT2D eigenvalue weighted by molar-refractivity contribution is 0.204. The van der Waals surface area contributed by atoms with Gasteiger partial charge in [0.1, 0.15) is 0 Å². The summed E-state index contributed by atoms with van der Waals surface area (Å²) in [6.45, 7) is 2.40. The molecule has 1 aromatic carbocycles. The maximum absolute atomic E-state index is 11.9. The Balaban J connectivity index is 2.87. The molecule has 0 aliphatic carbocycles. The summed E-state index contributed by atoms with van der Waals surface area (Å²) in [5.74, 6) is 0. The lowest BCUT2D eigenvalue weighted by atomic mass is 10.1. The van der Waals surface area contributed by atoms with Crippen molar-refractivity contribution in [2.24, 2.45) is 5.73 Å². The summed E-state index contributed by atoms with van der Waals surface area (Å²) in [7, 11) is -1.96. The lowest BCUT2D eigenvalue weighted by Gasteiger charge is -2.09. The van der Waals surface area contributed by atoms with Crippen LogP contribution < -0.4 is 10.5 Å². The van der Waals surface area contributed by atoms with E-state index in [-0.39, 0.29) is 17.5 Å². The molecule has 0 radical (unpaired) electrons. The van der Waals surface area contributed by atoms with Gasteiger partial charge in [-0.1, -0.05) is 12.1 Å². The van der Waals surface area contributed by atoms with Crippen LogP contribution in [0.5, 0.6) is 0 Å². The second kappa shape index (κ2) is 6.11. The Bertz CT molecular complexity index is 458. The van der Waals surface area contributed by atoms with E-state index < -0.39 is 10.0 Å². The van der Waals surface area contributed by atoms with Crippen LogP contribution in [0.1, 0.15) is 18.5 Å². The highest BCUT2D eigenvalue weighted by Gasteiger charge is 2.14. The fraction of sp³-hybridized carbons (Fsp3) is 0.455. The van der Waals surface area contributed by atoms with Gasteiger partial charge in [-0.25, -0.2) is 13.1 Å². The second-order valence-corrected chi connectivity index (χ2v) is 5.52. The molecule has 0 aliphatic rings. The van der Waals surface area contributed by atoms with E-state index >= 15 is 0 Å². The summed E-state index contributed by atoms with van der Waals surface area (Å²) in [4.78, 5) is 0.225. The molecule has 0 aromatic heterocycles. The highest BCUT2D eigenvalue weighted by atomic mass is 32.2. The summed E-state index contributed by atoms with van der Waals surface area (Å²) < 4.78 is 31.0. The standard InChI is InChI=1S/C11H18N2O3S/c1-9(12)10-4-3-5-11(8-10)17(14,15)13-6-7-16-2/h3-5,8-9,13H,6-7,12H2,1-2H3. The molecule has 0 heterocycles. The predicted molar refractivity (Wildman–Crippen MR) is 66.1 cm³/mol. The molecule has 17 heavy (non-hydrogen) atoms. The van der Waals surface area contributed by atoms with Crippen LogP contribution in [0.4, 0.5) is 0 Å². The molecule has 5 nitrogen and oxygen atoms in total. The van der Waals surface area contributed by atoms with Crippen molar-refractivity contribution >= 4 is 10.0 Å². The van der Waals surface area contributed by atoms with E-state index in [0.29, 0.717) is 6.61 Å². The molecule has 3 N–H and O–H groups in total. The fourth-order valence-electron chi connectivity index (χ4n) is 1.33. The predicted octanol–water partition coefficient (Wildman–Crippen LogP) is 0.631. The summed E-state index contributed by atoms with van der Waals surface area (Å²) in [6, 6.07) is 6.42. The molecule has 1 rings (SSSR count). The van der Waals surface area contributed by atoms with Crippen molar-refractivity contribution in [3.8, 4) is 0 Å². The highest BCUT2D eigenvalue weighted by molar-refractivity contribution is 7.89. The summed E-state index contributed by atoms with van der Waals surface area (Å²) in [5, 5.41) is 0. The molecule has 6 heteroatoms. The van der Waals surface area contributed by atoms with Gasteiger partial charge < -0.3 is 10.5 Å². The minimum Gasteiger partial charge on any atom is -0.383 e. The van der Waals surface area contributed by atoms with E-state index in [1.807, 2.05) is 6.92 Å². The molecule has 0 fully saturated rings. The van der Waals surface area contributed by atoms with Gasteiger partial charge in [0.05, 0.1) is 11.5 Å². The first kappa shape index (κ1) is 14.1. The number of sulfonamides is 1. The number of hydrogen-bond donors (Lipinski definition) is 2. The molecule has 0 bridgehead atoms. The molecular formula is C11H18N2O3S. The SMILES string of the molecule is COCCNS(=O)(=O)c1cccc(C(C)N)c1. The molecule has 1 atom stereocenters. The monoisotopic (exact) mass is 258 g/mol. The van der Waals surface area contributed by atoms with Crippen LogP contribution in [0.15, 0.2) is 29.2 Å². The third-order valence-corrected chi connectivity index (χ3v) is 3.75. The minimum absolute atomic E-state index is 0.191. The van der Waals surface area contributed by atoms with Crippen molar-refractivity contribution in [2.75, 3.05) is 20.3 Å². The summed E-state index contributed by atoms with van der Waals surface area (Å²) in [6.07, 6.45) is 0. The smallest absolute Gasteiger partial charge is 0.240 e. The Kier molecular flexibility index (Phi) is 5.07. The van der Waals surface area contributed by atoms with Crippen LogP contribution in [0.25, 0.3) is 0 Å². The van der Waals surface area contributed by atoms with E-state index in [4.69, 9.17) is 10.5 Å². The molecule has 96 valence electrons. The quantitative estimate of drug-likeness (QED) is 0.733. The first-order valence-corrected chi connectivity index (χ1v) is 6.80. The topological polar surface area (TPSA) is 81.4 Å². The van der Waals surface area contributed by atoms with Crippen LogP contribution in [-0.4, -0.2) is 28.7 Å². The zero-order chi connectivity index (χ0) is 12.9. The van der Waals surface area contributed by atoms with Crippen molar-refractivity contribution in [3.05, 3.63) is 29.8 Å². The largest absolute Gasteiger partial charge is 0.383 e. The maximum Gasteiger partial charge on any atom is 0.240 e. The molecule has 0 spiro atoms. The number of rotatable bonds is 6. The average Bonchev–Trinajstić information content (AvgIpc) is 2.29. The van der Waals surface area contributed by atoms with Crippen molar-refractivity contribution in [1.29, 1.82) is 0 Å². The van der Waals surface area contributed by atoms with Crippen LogP contribution in [-0.2, 0) is 14.8 Å².